The number of carbonyl (C=O) groups excluding carboxylic acids is 1. The van der Waals surface area contributed by atoms with Crippen molar-refractivity contribution >= 4 is 35.8 Å². The second-order valence-corrected chi connectivity index (χ2v) is 7.28. The minimum Gasteiger partial charge on any atom is -0.357 e. The minimum atomic E-state index is 0. The van der Waals surface area contributed by atoms with Crippen LogP contribution in [0.3, 0.4) is 0 Å². The molecule has 0 aromatic heterocycles. The third-order valence-electron chi connectivity index (χ3n) is 5.11. The number of aliphatic imine (C=N–C) groups is 1. The van der Waals surface area contributed by atoms with Crippen LogP contribution < -0.4 is 16.0 Å². The summed E-state index contributed by atoms with van der Waals surface area (Å²) in [6, 6.07) is 11.0. The van der Waals surface area contributed by atoms with Gasteiger partial charge in [-0.05, 0) is 44.8 Å². The van der Waals surface area contributed by atoms with E-state index in [1.807, 2.05) is 0 Å². The highest BCUT2D eigenvalue weighted by Crippen LogP contribution is 2.28. The quantitative estimate of drug-likeness (QED) is 0.173. The first kappa shape index (κ1) is 25.7. The SMILES string of the molecule is CCNC(=NCC(Cc1ccccc1)N(CC)CC)NCCNC(=O)C1CC1.I. The molecule has 0 bridgehead atoms. The average molecular weight is 515 g/mol. The zero-order chi connectivity index (χ0) is 20.2. The van der Waals surface area contributed by atoms with Gasteiger partial charge in [0.05, 0.1) is 6.54 Å². The molecule has 1 saturated carbocycles. The van der Waals surface area contributed by atoms with Gasteiger partial charge in [0.2, 0.25) is 5.91 Å². The van der Waals surface area contributed by atoms with Crippen LogP contribution in [0.1, 0.15) is 39.2 Å². The van der Waals surface area contributed by atoms with Gasteiger partial charge < -0.3 is 16.0 Å². The number of nitrogens with one attached hydrogen (secondary N) is 3. The van der Waals surface area contributed by atoms with Crippen molar-refractivity contribution in [2.75, 3.05) is 39.3 Å². The molecule has 6 nitrogen and oxygen atoms in total. The van der Waals surface area contributed by atoms with E-state index in [1.54, 1.807) is 0 Å². The minimum absolute atomic E-state index is 0. The Hall–Kier alpha value is -1.35. The topological polar surface area (TPSA) is 68.8 Å². The fraction of sp³-hybridized carbons (Fsp3) is 0.636. The molecule has 1 aromatic carbocycles. The smallest absolute Gasteiger partial charge is 0.223 e. The van der Waals surface area contributed by atoms with Crippen LogP contribution in [-0.2, 0) is 11.2 Å². The molecule has 0 heterocycles. The first-order chi connectivity index (χ1) is 13.7. The Morgan fingerprint density at radius 3 is 2.31 bits per heavy atom. The van der Waals surface area contributed by atoms with Crippen LogP contribution >= 0.6 is 24.0 Å². The molecule has 164 valence electrons. The lowest BCUT2D eigenvalue weighted by atomic mass is 10.0. The molecule has 1 amide bonds. The molecule has 0 radical (unpaired) electrons. The van der Waals surface area contributed by atoms with Crippen LogP contribution in [0.2, 0.25) is 0 Å². The monoisotopic (exact) mass is 515 g/mol. The Morgan fingerprint density at radius 2 is 1.72 bits per heavy atom. The molecule has 1 unspecified atom stereocenters. The molecule has 0 saturated heterocycles. The van der Waals surface area contributed by atoms with Gasteiger partial charge in [-0.3, -0.25) is 14.7 Å². The zero-order valence-corrected chi connectivity index (χ0v) is 20.4. The van der Waals surface area contributed by atoms with Gasteiger partial charge >= 0.3 is 0 Å². The molecule has 1 aliphatic carbocycles. The van der Waals surface area contributed by atoms with Gasteiger partial charge in [0.25, 0.3) is 0 Å². The number of carbonyl (C=O) groups is 1. The predicted molar refractivity (Wildman–Crippen MR) is 132 cm³/mol. The summed E-state index contributed by atoms with van der Waals surface area (Å²) >= 11 is 0. The number of guanidine groups is 1. The maximum atomic E-state index is 11.7. The maximum absolute atomic E-state index is 11.7. The van der Waals surface area contributed by atoms with Crippen LogP contribution in [0, 0.1) is 5.92 Å². The van der Waals surface area contributed by atoms with E-state index in [4.69, 9.17) is 4.99 Å². The summed E-state index contributed by atoms with van der Waals surface area (Å²) in [6.45, 7) is 11.4. The van der Waals surface area contributed by atoms with E-state index >= 15 is 0 Å². The van der Waals surface area contributed by atoms with Crippen molar-refractivity contribution < 1.29 is 4.79 Å². The Bertz CT molecular complexity index is 602. The van der Waals surface area contributed by atoms with Crippen molar-refractivity contribution in [1.29, 1.82) is 0 Å². The first-order valence-corrected chi connectivity index (χ1v) is 10.8. The number of likely N-dealkylation sites (N-methyl/N-ethyl adjacent to an activating group) is 1. The largest absolute Gasteiger partial charge is 0.357 e. The second kappa shape index (κ2) is 14.6. The lowest BCUT2D eigenvalue weighted by molar-refractivity contribution is -0.122. The number of benzene rings is 1. The van der Waals surface area contributed by atoms with Gasteiger partial charge in [-0.2, -0.15) is 0 Å². The standard InChI is InChI=1S/C22H37N5O.HI/c1-4-23-22(25-15-14-24-21(28)19-12-13-19)26-17-20(27(5-2)6-3)16-18-10-8-7-9-11-18;/h7-11,19-20H,4-6,12-17H2,1-3H3,(H,24,28)(H2,23,25,26);1H. The van der Waals surface area contributed by atoms with E-state index in [-0.39, 0.29) is 35.8 Å². The molecule has 2 rings (SSSR count). The van der Waals surface area contributed by atoms with Crippen LogP contribution in [0.15, 0.2) is 35.3 Å². The third-order valence-corrected chi connectivity index (χ3v) is 5.11. The van der Waals surface area contributed by atoms with Crippen LogP contribution in [0.4, 0.5) is 0 Å². The molecule has 1 aromatic rings. The summed E-state index contributed by atoms with van der Waals surface area (Å²) in [7, 11) is 0. The lowest BCUT2D eigenvalue weighted by Gasteiger charge is -2.29. The van der Waals surface area contributed by atoms with E-state index in [1.165, 1.54) is 5.56 Å². The number of hydrogen-bond donors (Lipinski definition) is 3. The Morgan fingerprint density at radius 1 is 1.07 bits per heavy atom. The highest BCUT2D eigenvalue weighted by atomic mass is 127. The van der Waals surface area contributed by atoms with E-state index in [0.717, 1.165) is 51.4 Å². The molecule has 0 aliphatic heterocycles. The summed E-state index contributed by atoms with van der Waals surface area (Å²) < 4.78 is 0. The van der Waals surface area contributed by atoms with E-state index in [0.29, 0.717) is 19.1 Å². The molecule has 0 spiro atoms. The van der Waals surface area contributed by atoms with Crippen molar-refractivity contribution in [2.24, 2.45) is 10.9 Å². The summed E-state index contributed by atoms with van der Waals surface area (Å²) in [5, 5.41) is 9.63. The number of nitrogens with zero attached hydrogens (tertiary/aromatic N) is 2. The zero-order valence-electron chi connectivity index (χ0n) is 18.1. The number of halogens is 1. The normalized spacial score (nSPS) is 14.8. The van der Waals surface area contributed by atoms with Crippen molar-refractivity contribution in [3.05, 3.63) is 35.9 Å². The molecule has 1 atom stereocenters. The Labute approximate surface area is 193 Å². The van der Waals surface area contributed by atoms with Crippen LogP contribution in [-0.4, -0.2) is 62.1 Å². The molecule has 3 N–H and O–H groups in total. The molecule has 29 heavy (non-hydrogen) atoms. The fourth-order valence-corrected chi connectivity index (χ4v) is 3.33. The number of rotatable bonds is 12. The maximum Gasteiger partial charge on any atom is 0.223 e. The fourth-order valence-electron chi connectivity index (χ4n) is 3.33. The average Bonchev–Trinajstić information content (AvgIpc) is 3.56. The summed E-state index contributed by atoms with van der Waals surface area (Å²) in [5.41, 5.74) is 1.34. The predicted octanol–water partition coefficient (Wildman–Crippen LogP) is 2.64. The highest BCUT2D eigenvalue weighted by molar-refractivity contribution is 14.0. The molecule has 1 aliphatic rings. The molecular formula is C22H38IN5O. The highest BCUT2D eigenvalue weighted by Gasteiger charge is 2.28. The number of hydrogen-bond acceptors (Lipinski definition) is 3. The number of amides is 1. The van der Waals surface area contributed by atoms with E-state index < -0.39 is 0 Å². The van der Waals surface area contributed by atoms with Gasteiger partial charge in [0.15, 0.2) is 5.96 Å². The van der Waals surface area contributed by atoms with Gasteiger partial charge in [-0.25, -0.2) is 0 Å². The van der Waals surface area contributed by atoms with Crippen molar-refractivity contribution in [3.63, 3.8) is 0 Å². The van der Waals surface area contributed by atoms with Crippen molar-refractivity contribution in [3.8, 4) is 0 Å². The van der Waals surface area contributed by atoms with Gasteiger partial charge in [-0.15, -0.1) is 24.0 Å². The first-order valence-electron chi connectivity index (χ1n) is 10.8. The summed E-state index contributed by atoms with van der Waals surface area (Å²) in [4.78, 5) is 19.0. The Balaban J connectivity index is 0.00000420. The summed E-state index contributed by atoms with van der Waals surface area (Å²) in [5.74, 6) is 1.26. The van der Waals surface area contributed by atoms with Gasteiger partial charge in [-0.1, -0.05) is 44.2 Å². The third kappa shape index (κ3) is 9.80. The van der Waals surface area contributed by atoms with E-state index in [9.17, 15) is 4.79 Å². The molecule has 1 fully saturated rings. The van der Waals surface area contributed by atoms with Crippen molar-refractivity contribution in [2.45, 2.75) is 46.1 Å². The lowest BCUT2D eigenvalue weighted by Crippen LogP contribution is -2.44. The van der Waals surface area contributed by atoms with Crippen LogP contribution in [0.5, 0.6) is 0 Å². The second-order valence-electron chi connectivity index (χ2n) is 7.28. The Kier molecular flexibility index (Phi) is 12.9. The van der Waals surface area contributed by atoms with Crippen LogP contribution in [0.25, 0.3) is 0 Å². The van der Waals surface area contributed by atoms with Gasteiger partial charge in [0.1, 0.15) is 0 Å². The molecular weight excluding hydrogens is 477 g/mol. The van der Waals surface area contributed by atoms with Crippen molar-refractivity contribution in [1.82, 2.24) is 20.9 Å². The van der Waals surface area contributed by atoms with E-state index in [2.05, 4.69) is 72.0 Å². The van der Waals surface area contributed by atoms with Gasteiger partial charge in [0, 0.05) is 31.6 Å². The molecule has 7 heteroatoms. The summed E-state index contributed by atoms with van der Waals surface area (Å²) in [6.07, 6.45) is 3.07.